The van der Waals surface area contributed by atoms with E-state index in [2.05, 4.69) is 32.4 Å². The van der Waals surface area contributed by atoms with Crippen molar-refractivity contribution >= 4 is 45.2 Å². The molecule has 0 aliphatic heterocycles. The molecule has 0 bridgehead atoms. The Balaban J connectivity index is 1.31. The Morgan fingerprint density at radius 3 is 2.73 bits per heavy atom. The number of nitrogens with one attached hydrogen (secondary N) is 1. The van der Waals surface area contributed by atoms with E-state index in [0.717, 1.165) is 33.3 Å². The van der Waals surface area contributed by atoms with E-state index in [1.807, 2.05) is 71.3 Å². The van der Waals surface area contributed by atoms with Crippen LogP contribution in [0.5, 0.6) is 0 Å². The normalized spacial score (nSPS) is 11.2. The number of hydrogen-bond acceptors (Lipinski definition) is 6. The van der Waals surface area contributed by atoms with Crippen molar-refractivity contribution < 1.29 is 4.79 Å². The number of thioether (sulfide) groups is 1. The molecule has 1 N–H and O–H groups in total. The number of allylic oxidation sites excluding steroid dienone is 1. The summed E-state index contributed by atoms with van der Waals surface area (Å²) < 4.78 is 3.74. The van der Waals surface area contributed by atoms with Crippen LogP contribution in [-0.2, 0) is 17.9 Å². The fraction of sp³-hybridized carbons (Fsp3) is 0.125. The molecule has 5 aromatic rings. The van der Waals surface area contributed by atoms with E-state index in [9.17, 15) is 4.79 Å². The van der Waals surface area contributed by atoms with Crippen molar-refractivity contribution in [3.8, 4) is 0 Å². The molecule has 0 radical (unpaired) electrons. The maximum absolute atomic E-state index is 12.7. The molecule has 0 saturated carbocycles. The van der Waals surface area contributed by atoms with Gasteiger partial charge in [0.15, 0.2) is 11.0 Å². The summed E-state index contributed by atoms with van der Waals surface area (Å²) in [5, 5.41) is 22.8. The zero-order valence-corrected chi connectivity index (χ0v) is 18.6. The summed E-state index contributed by atoms with van der Waals surface area (Å²) in [5.41, 5.74) is 2.55. The van der Waals surface area contributed by atoms with Gasteiger partial charge in [-0.3, -0.25) is 4.79 Å². The second-order valence-electron chi connectivity index (χ2n) is 7.40. The monoisotopic (exact) mass is 455 g/mol. The number of hydrogen-bond donors (Lipinski definition) is 1. The second kappa shape index (κ2) is 9.25. The summed E-state index contributed by atoms with van der Waals surface area (Å²) >= 11 is 1.34. The minimum atomic E-state index is -0.103. The standard InChI is InChI=1S/C24H21N7OS/c1-2-14-30-22(15-31-21-13-6-5-11-20(21)26-29-31)27-28-24(30)33-16-23(32)25-19-12-7-9-17-8-3-4-10-18(17)19/h2-13H,1,14-16H2,(H,25,32). The minimum Gasteiger partial charge on any atom is -0.325 e. The molecule has 0 saturated heterocycles. The average Bonchev–Trinajstić information content (AvgIpc) is 3.43. The van der Waals surface area contributed by atoms with Gasteiger partial charge in [-0.1, -0.05) is 71.6 Å². The first-order valence-corrected chi connectivity index (χ1v) is 11.4. The number of aromatic nitrogens is 6. The van der Waals surface area contributed by atoms with Crippen LogP contribution < -0.4 is 5.32 Å². The first kappa shape index (κ1) is 20.9. The molecule has 8 nitrogen and oxygen atoms in total. The molecule has 1 amide bonds. The highest BCUT2D eigenvalue weighted by molar-refractivity contribution is 7.99. The van der Waals surface area contributed by atoms with Gasteiger partial charge in [-0.05, 0) is 23.6 Å². The Kier molecular flexibility index (Phi) is 5.86. The molecule has 0 spiro atoms. The summed E-state index contributed by atoms with van der Waals surface area (Å²) in [7, 11) is 0. The van der Waals surface area contributed by atoms with Gasteiger partial charge in [-0.15, -0.1) is 21.9 Å². The fourth-order valence-corrected chi connectivity index (χ4v) is 4.44. The van der Waals surface area contributed by atoms with Crippen molar-refractivity contribution in [1.82, 2.24) is 29.8 Å². The number of para-hydroxylation sites is 1. The lowest BCUT2D eigenvalue weighted by Crippen LogP contribution is -2.15. The van der Waals surface area contributed by atoms with E-state index < -0.39 is 0 Å². The van der Waals surface area contributed by atoms with Crippen LogP contribution in [0.1, 0.15) is 5.82 Å². The summed E-state index contributed by atoms with van der Waals surface area (Å²) in [6.45, 7) is 4.80. The number of anilines is 1. The van der Waals surface area contributed by atoms with Gasteiger partial charge in [0.1, 0.15) is 12.1 Å². The van der Waals surface area contributed by atoms with Gasteiger partial charge in [0.25, 0.3) is 0 Å². The van der Waals surface area contributed by atoms with Crippen molar-refractivity contribution in [3.05, 3.63) is 85.2 Å². The van der Waals surface area contributed by atoms with Gasteiger partial charge in [-0.25, -0.2) is 4.68 Å². The van der Waals surface area contributed by atoms with E-state index >= 15 is 0 Å². The SMILES string of the molecule is C=CCn1c(Cn2nnc3ccccc32)nnc1SCC(=O)Nc1cccc2ccccc12. The van der Waals surface area contributed by atoms with Crippen molar-refractivity contribution in [1.29, 1.82) is 0 Å². The van der Waals surface area contributed by atoms with Gasteiger partial charge >= 0.3 is 0 Å². The van der Waals surface area contributed by atoms with Gasteiger partial charge < -0.3 is 9.88 Å². The molecule has 3 aromatic carbocycles. The van der Waals surface area contributed by atoms with E-state index in [0.29, 0.717) is 18.2 Å². The van der Waals surface area contributed by atoms with Crippen LogP contribution in [0, 0.1) is 0 Å². The molecule has 0 fully saturated rings. The third-order valence-corrected chi connectivity index (χ3v) is 6.18. The molecule has 0 atom stereocenters. The first-order chi connectivity index (χ1) is 16.2. The maximum Gasteiger partial charge on any atom is 0.234 e. The van der Waals surface area contributed by atoms with Gasteiger partial charge in [-0.2, -0.15) is 0 Å². The minimum absolute atomic E-state index is 0.103. The number of amides is 1. The second-order valence-corrected chi connectivity index (χ2v) is 8.34. The van der Waals surface area contributed by atoms with Crippen LogP contribution in [0.25, 0.3) is 21.8 Å². The van der Waals surface area contributed by atoms with Crippen LogP contribution in [0.2, 0.25) is 0 Å². The zero-order valence-electron chi connectivity index (χ0n) is 17.8. The first-order valence-electron chi connectivity index (χ1n) is 10.4. The topological polar surface area (TPSA) is 90.5 Å². The maximum atomic E-state index is 12.7. The van der Waals surface area contributed by atoms with Gasteiger partial charge in [0.2, 0.25) is 5.91 Å². The highest BCUT2D eigenvalue weighted by Crippen LogP contribution is 2.24. The Morgan fingerprint density at radius 2 is 1.82 bits per heavy atom. The van der Waals surface area contributed by atoms with E-state index in [-0.39, 0.29) is 11.7 Å². The van der Waals surface area contributed by atoms with Crippen molar-refractivity contribution in [2.45, 2.75) is 18.2 Å². The number of carbonyl (C=O) groups excluding carboxylic acids is 1. The highest BCUT2D eigenvalue weighted by Gasteiger charge is 2.16. The molecule has 9 heteroatoms. The van der Waals surface area contributed by atoms with Crippen LogP contribution in [0.15, 0.2) is 84.5 Å². The summed E-state index contributed by atoms with van der Waals surface area (Å²) in [4.78, 5) is 12.7. The Bertz CT molecular complexity index is 1450. The molecule has 5 rings (SSSR count). The molecule has 0 aliphatic carbocycles. The van der Waals surface area contributed by atoms with E-state index in [1.165, 1.54) is 11.8 Å². The fourth-order valence-electron chi connectivity index (χ4n) is 3.67. The Morgan fingerprint density at radius 1 is 1.00 bits per heavy atom. The lowest BCUT2D eigenvalue weighted by atomic mass is 10.1. The van der Waals surface area contributed by atoms with Crippen molar-refractivity contribution in [3.63, 3.8) is 0 Å². The highest BCUT2D eigenvalue weighted by atomic mass is 32.2. The number of nitrogens with zero attached hydrogens (tertiary/aromatic N) is 6. The van der Waals surface area contributed by atoms with Crippen LogP contribution >= 0.6 is 11.8 Å². The molecule has 33 heavy (non-hydrogen) atoms. The van der Waals surface area contributed by atoms with Gasteiger partial charge in [0.05, 0.1) is 11.3 Å². The van der Waals surface area contributed by atoms with Crippen molar-refractivity contribution in [2.75, 3.05) is 11.1 Å². The number of fused-ring (bicyclic) bond motifs is 2. The summed E-state index contributed by atoms with van der Waals surface area (Å²) in [5.74, 6) is 0.834. The lowest BCUT2D eigenvalue weighted by molar-refractivity contribution is -0.113. The average molecular weight is 456 g/mol. The molecular formula is C24H21N7OS. The van der Waals surface area contributed by atoms with E-state index in [4.69, 9.17) is 0 Å². The molecule has 0 unspecified atom stereocenters. The van der Waals surface area contributed by atoms with Crippen LogP contribution in [-0.4, -0.2) is 41.4 Å². The number of carbonyl (C=O) groups is 1. The van der Waals surface area contributed by atoms with Crippen molar-refractivity contribution in [2.24, 2.45) is 0 Å². The third-order valence-electron chi connectivity index (χ3n) is 5.21. The third kappa shape index (κ3) is 4.35. The molecule has 2 heterocycles. The smallest absolute Gasteiger partial charge is 0.234 e. The molecule has 2 aromatic heterocycles. The lowest BCUT2D eigenvalue weighted by Gasteiger charge is -2.10. The quantitative estimate of drug-likeness (QED) is 0.279. The number of benzene rings is 3. The number of rotatable bonds is 8. The summed E-state index contributed by atoms with van der Waals surface area (Å²) in [6, 6.07) is 21.6. The molecule has 0 aliphatic rings. The van der Waals surface area contributed by atoms with Gasteiger partial charge in [0, 0.05) is 17.6 Å². The summed E-state index contributed by atoms with van der Waals surface area (Å²) in [6.07, 6.45) is 1.78. The largest absolute Gasteiger partial charge is 0.325 e. The Hall–Kier alpha value is -3.98. The predicted octanol–water partition coefficient (Wildman–Crippen LogP) is 4.14. The zero-order chi connectivity index (χ0) is 22.6. The predicted molar refractivity (Wildman–Crippen MR) is 130 cm³/mol. The Labute approximate surface area is 194 Å². The molecular weight excluding hydrogens is 434 g/mol. The van der Waals surface area contributed by atoms with Crippen LogP contribution in [0.4, 0.5) is 5.69 Å². The van der Waals surface area contributed by atoms with Crippen LogP contribution in [0.3, 0.4) is 0 Å². The van der Waals surface area contributed by atoms with E-state index in [1.54, 1.807) is 10.8 Å². The molecule has 164 valence electrons.